The second kappa shape index (κ2) is 41.6. The molecule has 12 aromatic rings. The van der Waals surface area contributed by atoms with Crippen molar-refractivity contribution < 1.29 is 28.8 Å². The highest BCUT2D eigenvalue weighted by atomic mass is 79.9. The first-order chi connectivity index (χ1) is 54.2. The largest absolute Gasteiger partial charge is 0.502 e. The molecule has 29 nitrogen and oxygen atoms in total. The molecule has 0 unspecified atom stereocenters. The molecule has 4 aliphatic rings. The molecular weight excluding hydrogens is 1810 g/mol. The molecule has 0 radical (unpaired) electrons. The first-order valence-electron chi connectivity index (χ1n) is 35.9. The Labute approximate surface area is 725 Å². The number of benzene rings is 4. The summed E-state index contributed by atoms with van der Waals surface area (Å²) in [5, 5.41) is 64.2. The van der Waals surface area contributed by atoms with Crippen molar-refractivity contribution in [2.45, 2.75) is 106 Å². The summed E-state index contributed by atoms with van der Waals surface area (Å²) in [5.74, 6) is 4.01. The molecule has 40 heteroatoms. The number of anilines is 2. The van der Waals surface area contributed by atoms with Crippen LogP contribution in [0.3, 0.4) is 0 Å². The van der Waals surface area contributed by atoms with Crippen molar-refractivity contribution in [2.75, 3.05) is 43.5 Å². The second-order valence-corrected chi connectivity index (χ2v) is 32.2. The summed E-state index contributed by atoms with van der Waals surface area (Å²) in [7, 11) is 5.67. The van der Waals surface area contributed by atoms with E-state index in [9.17, 15) is 19.2 Å². The molecule has 9 heterocycles. The Kier molecular flexibility index (Phi) is 33.6. The fraction of sp³-hybridized carbons (Fsp3) is 0.368. The van der Waals surface area contributed by atoms with E-state index in [1.54, 1.807) is 67.6 Å². The predicted molar refractivity (Wildman–Crippen MR) is 476 cm³/mol. The third-order valence-electron chi connectivity index (χ3n) is 18.1. The van der Waals surface area contributed by atoms with E-state index in [1.165, 1.54) is 52.6 Å². The van der Waals surface area contributed by atoms with E-state index >= 15 is 0 Å². The Balaban J connectivity index is 0.000000176. The number of aromatic amines is 1. The van der Waals surface area contributed by atoms with Gasteiger partial charge in [-0.1, -0.05) is 96.6 Å². The molecule has 0 spiro atoms. The molecule has 7 N–H and O–H groups in total. The number of rotatable bonds is 17. The number of nitrogens with one attached hydrogen (secondary N) is 3. The van der Waals surface area contributed by atoms with Gasteiger partial charge in [0.15, 0.2) is 4.60 Å². The number of hydrogen-bond acceptors (Lipinski definition) is 21. The number of hydrogen-bond donors (Lipinski definition) is 6. The number of aryl methyl sites for hydroxylation is 4. The zero-order valence-electron chi connectivity index (χ0n) is 63.6. The highest BCUT2D eigenvalue weighted by molar-refractivity contribution is 9.11. The SMILES string of the molecule is C.C.CCO/C=C/B1OC(C)(C)C(C)(C)O1.CCO/C=C/c1nn(-c2ccc3nn(C)cc3c2)c(=O)c(Cl)c1NCC1CC1.Cn1cc2cc(-n3nc(Br)c(Cl)c(Cl)c3=O)ccc2n1.Cn1cc2cc(-n3nc(Br)c(NCC4CC4)c(Cl)c3=O)ccc2n1.Cn1cc2cc(B(O)O)ccc2n1.NCC1CC1.O=c1[nH]nc(Br)c(Cl)c1Cl. The van der Waals surface area contributed by atoms with E-state index in [2.05, 4.69) is 104 Å². The molecule has 116 heavy (non-hydrogen) atoms. The van der Waals surface area contributed by atoms with Gasteiger partial charge in [-0.25, -0.2) is 5.10 Å². The number of nitrogens with zero attached hydrogens (tertiary/aromatic N) is 15. The van der Waals surface area contributed by atoms with Crippen LogP contribution in [0.15, 0.2) is 149 Å². The maximum atomic E-state index is 12.9. The van der Waals surface area contributed by atoms with Crippen LogP contribution < -0.4 is 44.1 Å². The highest BCUT2D eigenvalue weighted by Gasteiger charge is 2.50. The third-order valence-corrected chi connectivity index (χ3v) is 22.6. The lowest BCUT2D eigenvalue weighted by Crippen LogP contribution is -2.41. The summed E-state index contributed by atoms with van der Waals surface area (Å²) in [6.07, 6.45) is 20.0. The fourth-order valence-electron chi connectivity index (χ4n) is 10.8. The van der Waals surface area contributed by atoms with Crippen molar-refractivity contribution in [1.82, 2.24) is 78.7 Å². The van der Waals surface area contributed by atoms with Crippen LogP contribution in [-0.4, -0.2) is 147 Å². The van der Waals surface area contributed by atoms with Gasteiger partial charge in [0.2, 0.25) is 0 Å². The van der Waals surface area contributed by atoms with Gasteiger partial charge in [-0.3, -0.25) is 37.9 Å². The first kappa shape index (κ1) is 93.6. The van der Waals surface area contributed by atoms with Crippen LogP contribution in [0.2, 0.25) is 30.1 Å². The number of ether oxygens (including phenoxy) is 2. The Morgan fingerprint density at radius 1 is 0.534 bits per heavy atom. The molecule has 0 bridgehead atoms. The summed E-state index contributed by atoms with van der Waals surface area (Å²) < 4.78 is 33.7. The van der Waals surface area contributed by atoms with Gasteiger partial charge in [0.1, 0.15) is 35.0 Å². The van der Waals surface area contributed by atoms with Crippen LogP contribution in [0.4, 0.5) is 11.4 Å². The Morgan fingerprint density at radius 2 is 0.922 bits per heavy atom. The molecule has 4 fully saturated rings. The van der Waals surface area contributed by atoms with E-state index in [1.807, 2.05) is 143 Å². The van der Waals surface area contributed by atoms with Gasteiger partial charge >= 0.3 is 14.2 Å². The monoisotopic (exact) mass is 1900 g/mol. The summed E-state index contributed by atoms with van der Waals surface area (Å²) >= 11 is 45.1. The lowest BCUT2D eigenvalue weighted by molar-refractivity contribution is 0.00578. The van der Waals surface area contributed by atoms with Crippen LogP contribution in [0, 0.1) is 17.8 Å². The second-order valence-electron chi connectivity index (χ2n) is 27.7. The van der Waals surface area contributed by atoms with Crippen molar-refractivity contribution in [3.63, 3.8) is 0 Å². The number of aromatic nitrogens is 16. The molecule has 618 valence electrons. The molecule has 0 atom stereocenters. The van der Waals surface area contributed by atoms with Crippen molar-refractivity contribution in [1.29, 1.82) is 0 Å². The normalized spacial score (nSPS) is 14.3. The smallest absolute Gasteiger partial charge is 0.490 e. The summed E-state index contributed by atoms with van der Waals surface area (Å²) in [5.41, 5.74) is 10.5. The van der Waals surface area contributed by atoms with Gasteiger partial charge in [-0.15, -0.1) is 0 Å². The molecule has 0 amide bonds. The minimum absolute atomic E-state index is 0. The highest BCUT2D eigenvalue weighted by Crippen LogP contribution is 2.38. The molecule has 8 aromatic heterocycles. The van der Waals surface area contributed by atoms with Gasteiger partial charge in [0, 0.05) is 93.7 Å². The summed E-state index contributed by atoms with van der Waals surface area (Å²) in [6.45, 7) is 15.7. The van der Waals surface area contributed by atoms with Gasteiger partial charge < -0.3 is 45.2 Å². The lowest BCUT2D eigenvalue weighted by atomic mass is 9.80. The topological polar surface area (TPSA) is 349 Å². The summed E-state index contributed by atoms with van der Waals surface area (Å²) in [6, 6.07) is 21.6. The van der Waals surface area contributed by atoms with Crippen LogP contribution in [0.5, 0.6) is 0 Å². The summed E-state index contributed by atoms with van der Waals surface area (Å²) in [4.78, 5) is 48.3. The van der Waals surface area contributed by atoms with E-state index in [4.69, 9.17) is 104 Å². The van der Waals surface area contributed by atoms with Crippen LogP contribution >= 0.6 is 117 Å². The van der Waals surface area contributed by atoms with E-state index in [-0.39, 0.29) is 74.4 Å². The van der Waals surface area contributed by atoms with Gasteiger partial charge in [0.25, 0.3) is 22.2 Å². The van der Waals surface area contributed by atoms with Crippen LogP contribution in [-0.2, 0) is 47.0 Å². The molecular formula is C76H90B2Br3Cl6N19O10. The standard InChI is InChI=1S/C20H22ClN5O2.C16H15BrClN5O.C12H7BrCl2N4O.C10H19BO3.C8H9BN2O2.C4HBrCl2N2O.C4H9N.2CH4/c1-3-28-9-8-17-19(22-11-13-4-5-13)18(21)20(27)26(24-17)15-6-7-16-14(10-15)12-25(2)23-16;1-22-8-10-6-11(4-5-12(10)20-22)23-16(24)13(18)14(15(17)21-23)19-7-9-2-3-9;1-18-5-6-4-7(2-3-8(6)16-18)19-12(20)10(15)9(14)11(13)17-19;1-6-12-8-7-11-13-9(2,3)10(4,5)14-11;1-11-5-6-4-7(9(12)13)2-3-8(6)10-11;5-3-1(6)2(7)4(10)9-8-3;5-3-4-1-2-4;;/h6-10,12-13,22H,3-5,11H2,1-2H3;4-6,8-9,19H,2-3,7H2,1H3;2-5H,1H3;7-8H,6H2,1-5H3;2-5,12-13H,1H3;(H,9,10);4H,1-3,5H2;2*1H4/b9-8+;;;8-7+;;;;;. The predicted octanol–water partition coefficient (Wildman–Crippen LogP) is 15.0. The number of H-pyrrole nitrogens is 1. The van der Waals surface area contributed by atoms with Crippen molar-refractivity contribution >= 4 is 198 Å². The van der Waals surface area contributed by atoms with Gasteiger partial charge in [-0.05, 0) is 224 Å². The van der Waals surface area contributed by atoms with E-state index < -0.39 is 18.2 Å². The minimum atomic E-state index is -1.41. The lowest BCUT2D eigenvalue weighted by Gasteiger charge is -2.32. The van der Waals surface area contributed by atoms with Crippen molar-refractivity contribution in [3.05, 3.63) is 207 Å². The van der Waals surface area contributed by atoms with E-state index in [0.717, 1.165) is 69.2 Å². The van der Waals surface area contributed by atoms with Crippen LogP contribution in [0.25, 0.3) is 66.7 Å². The average Bonchev–Trinajstić information content (AvgIpc) is 1.61. The Morgan fingerprint density at radius 3 is 1.34 bits per heavy atom. The first-order valence-corrected chi connectivity index (χ1v) is 40.6. The number of nitrogens with two attached hydrogens (primary N) is 1. The van der Waals surface area contributed by atoms with Gasteiger partial charge in [0.05, 0.1) is 97.5 Å². The molecule has 16 rings (SSSR count). The Hall–Kier alpha value is -7.93. The van der Waals surface area contributed by atoms with Crippen LogP contribution in [0.1, 0.15) is 101 Å². The van der Waals surface area contributed by atoms with E-state index in [0.29, 0.717) is 78.5 Å². The maximum Gasteiger partial charge on any atom is 0.490 e. The third kappa shape index (κ3) is 24.4. The Bertz CT molecular complexity index is 5730. The molecule has 3 saturated carbocycles. The number of fused-ring (bicyclic) bond motifs is 4. The number of halogens is 9. The fourth-order valence-corrected chi connectivity index (χ4v) is 13.3. The zero-order chi connectivity index (χ0) is 82.6. The zero-order valence-corrected chi connectivity index (χ0v) is 72.9. The average molecular weight is 1900 g/mol. The molecule has 4 aromatic carbocycles. The molecule has 1 aliphatic heterocycles. The maximum absolute atomic E-state index is 12.9. The van der Waals surface area contributed by atoms with Crippen molar-refractivity contribution in [3.8, 4) is 17.1 Å². The molecule has 1 saturated heterocycles. The quantitative estimate of drug-likeness (QED) is 0.0364. The van der Waals surface area contributed by atoms with Crippen molar-refractivity contribution in [2.24, 2.45) is 51.7 Å². The molecule has 3 aliphatic carbocycles. The van der Waals surface area contributed by atoms with Gasteiger partial charge in [-0.2, -0.15) is 54.8 Å². The minimum Gasteiger partial charge on any atom is -0.502 e.